The van der Waals surface area contributed by atoms with Gasteiger partial charge in [-0.2, -0.15) is 4.31 Å². The lowest BCUT2D eigenvalue weighted by Crippen LogP contribution is -2.45. The van der Waals surface area contributed by atoms with Crippen molar-refractivity contribution in [2.75, 3.05) is 7.05 Å². The van der Waals surface area contributed by atoms with Crippen LogP contribution in [-0.2, 0) is 21.4 Å². The number of nitrogens with zero attached hydrogens (tertiary/aromatic N) is 2. The van der Waals surface area contributed by atoms with E-state index in [4.69, 9.17) is 4.74 Å². The van der Waals surface area contributed by atoms with E-state index in [1.165, 1.54) is 23.5 Å². The van der Waals surface area contributed by atoms with Crippen LogP contribution in [0, 0.1) is 12.8 Å². The molecule has 8 heteroatoms. The fraction of sp³-hybridized carbons (Fsp3) is 0.280. The van der Waals surface area contributed by atoms with Crippen molar-refractivity contribution in [3.63, 3.8) is 0 Å². The number of carboxylic acid groups (broad SMARTS) is 1. The number of aryl methyl sites for hydroxylation is 1. The van der Waals surface area contributed by atoms with Crippen LogP contribution in [0.1, 0.15) is 24.1 Å². The Labute approximate surface area is 193 Å². The number of pyridine rings is 1. The third kappa shape index (κ3) is 4.77. The Hall–Kier alpha value is -3.23. The summed E-state index contributed by atoms with van der Waals surface area (Å²) < 4.78 is 33.4. The summed E-state index contributed by atoms with van der Waals surface area (Å²) in [5, 5.41) is 10.5. The van der Waals surface area contributed by atoms with Crippen LogP contribution >= 0.6 is 0 Å². The van der Waals surface area contributed by atoms with Crippen LogP contribution in [0.4, 0.5) is 0 Å². The molecule has 0 spiro atoms. The van der Waals surface area contributed by atoms with Crippen LogP contribution in [0.5, 0.6) is 5.75 Å². The van der Waals surface area contributed by atoms with E-state index in [9.17, 15) is 18.3 Å². The number of aromatic nitrogens is 1. The molecule has 2 unspecified atom stereocenters. The Morgan fingerprint density at radius 3 is 2.55 bits per heavy atom. The van der Waals surface area contributed by atoms with Crippen LogP contribution in [0.2, 0.25) is 0 Å². The molecule has 7 nitrogen and oxygen atoms in total. The molecule has 1 aliphatic carbocycles. The first-order valence-corrected chi connectivity index (χ1v) is 12.2. The molecule has 33 heavy (non-hydrogen) atoms. The maximum absolute atomic E-state index is 13.1. The predicted molar refractivity (Wildman–Crippen MR) is 125 cm³/mol. The number of hydrogen-bond donors (Lipinski definition) is 1. The van der Waals surface area contributed by atoms with E-state index in [2.05, 4.69) is 4.98 Å². The average molecular weight is 467 g/mol. The highest BCUT2D eigenvalue weighted by molar-refractivity contribution is 7.89. The Balaban J connectivity index is 1.50. The van der Waals surface area contributed by atoms with E-state index in [1.807, 2.05) is 43.3 Å². The van der Waals surface area contributed by atoms with Crippen molar-refractivity contribution in [1.82, 2.24) is 9.29 Å². The lowest BCUT2D eigenvalue weighted by molar-refractivity contribution is -0.143. The highest BCUT2D eigenvalue weighted by Crippen LogP contribution is 2.29. The average Bonchev–Trinajstić information content (AvgIpc) is 2.82. The van der Waals surface area contributed by atoms with Crippen LogP contribution in [0.15, 0.2) is 71.6 Å². The minimum Gasteiger partial charge on any atom is -0.489 e. The molecule has 0 amide bonds. The summed E-state index contributed by atoms with van der Waals surface area (Å²) in [6.45, 7) is 2.26. The molecular weight excluding hydrogens is 440 g/mol. The van der Waals surface area contributed by atoms with Gasteiger partial charge in [-0.05, 0) is 56.2 Å². The molecule has 1 N–H and O–H groups in total. The van der Waals surface area contributed by atoms with Crippen molar-refractivity contribution in [3.8, 4) is 5.75 Å². The topological polar surface area (TPSA) is 96.8 Å². The first kappa shape index (κ1) is 22.9. The SMILES string of the molecule is Cc1cc(COc2ccc(S(=O)(=O)N(C)C3CC=CCC3C(=O)O)cc2)c2ccccc2n1. The monoisotopic (exact) mass is 466 g/mol. The fourth-order valence-electron chi connectivity index (χ4n) is 4.19. The number of allylic oxidation sites excluding steroid dienone is 1. The van der Waals surface area contributed by atoms with Gasteiger partial charge in [0.25, 0.3) is 0 Å². The van der Waals surface area contributed by atoms with Gasteiger partial charge in [0.1, 0.15) is 12.4 Å². The number of hydrogen-bond acceptors (Lipinski definition) is 5. The third-order valence-corrected chi connectivity index (χ3v) is 7.90. The van der Waals surface area contributed by atoms with Crippen molar-refractivity contribution in [1.29, 1.82) is 0 Å². The minimum atomic E-state index is -3.85. The summed E-state index contributed by atoms with van der Waals surface area (Å²) >= 11 is 0. The largest absolute Gasteiger partial charge is 0.489 e. The third-order valence-electron chi connectivity index (χ3n) is 6.01. The van der Waals surface area contributed by atoms with Crippen LogP contribution in [-0.4, -0.2) is 41.9 Å². The molecule has 4 rings (SSSR count). The van der Waals surface area contributed by atoms with Gasteiger partial charge < -0.3 is 9.84 Å². The first-order chi connectivity index (χ1) is 15.8. The van der Waals surface area contributed by atoms with E-state index in [0.717, 1.165) is 22.2 Å². The molecule has 2 aromatic carbocycles. The molecule has 0 fully saturated rings. The van der Waals surface area contributed by atoms with Crippen molar-refractivity contribution >= 4 is 26.9 Å². The number of sulfonamides is 1. The number of benzene rings is 2. The highest BCUT2D eigenvalue weighted by atomic mass is 32.2. The first-order valence-electron chi connectivity index (χ1n) is 10.7. The number of aliphatic carboxylic acids is 1. The normalized spacial score (nSPS) is 18.5. The molecule has 1 heterocycles. The zero-order valence-electron chi connectivity index (χ0n) is 18.5. The van der Waals surface area contributed by atoms with Gasteiger partial charge in [0.2, 0.25) is 10.0 Å². The Kier molecular flexibility index (Phi) is 6.49. The number of rotatable bonds is 7. The van der Waals surface area contributed by atoms with Crippen molar-refractivity contribution in [3.05, 3.63) is 78.0 Å². The van der Waals surface area contributed by atoms with Crippen molar-refractivity contribution < 1.29 is 23.1 Å². The van der Waals surface area contributed by atoms with Gasteiger partial charge in [0.15, 0.2) is 0 Å². The molecule has 3 aromatic rings. The van der Waals surface area contributed by atoms with E-state index < -0.39 is 28.0 Å². The number of carboxylic acids is 1. The fourth-order valence-corrected chi connectivity index (χ4v) is 5.60. The zero-order chi connectivity index (χ0) is 23.6. The maximum atomic E-state index is 13.1. The summed E-state index contributed by atoms with van der Waals surface area (Å²) in [6, 6.07) is 15.4. The maximum Gasteiger partial charge on any atom is 0.308 e. The Bertz CT molecular complexity index is 1300. The van der Waals surface area contributed by atoms with Gasteiger partial charge in [0.05, 0.1) is 16.3 Å². The lowest BCUT2D eigenvalue weighted by atomic mass is 9.89. The summed E-state index contributed by atoms with van der Waals surface area (Å²) in [4.78, 5) is 16.2. The minimum absolute atomic E-state index is 0.0984. The van der Waals surface area contributed by atoms with Gasteiger partial charge in [-0.25, -0.2) is 8.42 Å². The molecule has 0 bridgehead atoms. The molecule has 1 aliphatic rings. The molecule has 0 saturated carbocycles. The van der Waals surface area contributed by atoms with Gasteiger partial charge in [-0.1, -0.05) is 30.4 Å². The van der Waals surface area contributed by atoms with Gasteiger partial charge in [-0.15, -0.1) is 0 Å². The summed E-state index contributed by atoms with van der Waals surface area (Å²) in [7, 11) is -2.41. The smallest absolute Gasteiger partial charge is 0.308 e. The summed E-state index contributed by atoms with van der Waals surface area (Å²) in [6.07, 6.45) is 4.30. The molecule has 0 aliphatic heterocycles. The summed E-state index contributed by atoms with van der Waals surface area (Å²) in [5.74, 6) is -1.22. The second kappa shape index (κ2) is 9.33. The predicted octanol–water partition coefficient (Wildman–Crippen LogP) is 4.16. The number of carbonyl (C=O) groups is 1. The number of ether oxygens (including phenoxy) is 1. The van der Waals surface area contributed by atoms with Crippen LogP contribution in [0.25, 0.3) is 10.9 Å². The zero-order valence-corrected chi connectivity index (χ0v) is 19.3. The molecule has 2 atom stereocenters. The molecule has 0 saturated heterocycles. The standard InChI is InChI=1S/C25H26N2O5S/c1-17-15-18(21-7-3-5-9-23(21)26-17)16-32-19-11-13-20(14-12-19)33(30,31)27(2)24-10-6-4-8-22(24)25(28)29/h3-7,9,11-15,22,24H,8,10,16H2,1-2H3,(H,28,29). The Morgan fingerprint density at radius 2 is 1.82 bits per heavy atom. The number of para-hydroxylation sites is 1. The van der Waals surface area contributed by atoms with Crippen LogP contribution < -0.4 is 4.74 Å². The van der Waals surface area contributed by atoms with E-state index in [-0.39, 0.29) is 4.90 Å². The second-order valence-electron chi connectivity index (χ2n) is 8.18. The molecule has 0 radical (unpaired) electrons. The number of fused-ring (bicyclic) bond motifs is 1. The van der Waals surface area contributed by atoms with Crippen molar-refractivity contribution in [2.24, 2.45) is 5.92 Å². The second-order valence-corrected chi connectivity index (χ2v) is 10.2. The van der Waals surface area contributed by atoms with E-state index >= 15 is 0 Å². The Morgan fingerprint density at radius 1 is 1.12 bits per heavy atom. The molecule has 1 aromatic heterocycles. The quantitative estimate of drug-likeness (QED) is 0.525. The van der Waals surface area contributed by atoms with Gasteiger partial charge in [-0.3, -0.25) is 9.78 Å². The summed E-state index contributed by atoms with van der Waals surface area (Å²) in [5.41, 5.74) is 2.80. The molecule has 172 valence electrons. The lowest BCUT2D eigenvalue weighted by Gasteiger charge is -2.32. The molecular formula is C25H26N2O5S. The van der Waals surface area contributed by atoms with Gasteiger partial charge in [0, 0.05) is 29.7 Å². The van der Waals surface area contributed by atoms with Crippen LogP contribution in [0.3, 0.4) is 0 Å². The van der Waals surface area contributed by atoms with Gasteiger partial charge >= 0.3 is 5.97 Å². The van der Waals surface area contributed by atoms with E-state index in [1.54, 1.807) is 18.2 Å². The van der Waals surface area contributed by atoms with Crippen molar-refractivity contribution in [2.45, 2.75) is 37.3 Å². The highest BCUT2D eigenvalue weighted by Gasteiger charge is 2.37. The van der Waals surface area contributed by atoms with E-state index in [0.29, 0.717) is 25.2 Å².